The molecule has 14 heavy (non-hydrogen) atoms. The Labute approximate surface area is 83.8 Å². The van der Waals surface area contributed by atoms with Crippen molar-refractivity contribution >= 4 is 5.97 Å². The van der Waals surface area contributed by atoms with E-state index in [1.165, 1.54) is 0 Å². The highest BCUT2D eigenvalue weighted by atomic mass is 16.4. The normalized spacial score (nSPS) is 12.7. The third-order valence-electron chi connectivity index (χ3n) is 2.27. The van der Waals surface area contributed by atoms with Crippen LogP contribution in [0.25, 0.3) is 0 Å². The first kappa shape index (κ1) is 10.8. The summed E-state index contributed by atoms with van der Waals surface area (Å²) in [6.45, 7) is 2.06. The van der Waals surface area contributed by atoms with E-state index in [0.29, 0.717) is 6.42 Å². The standard InChI is InChI=1S/C10H16N2O2/c1-3-4-5-9(10(13)14)12-7-6-11(2)8-12/h6-9H,3-5H2,1-2H3/p+1. The van der Waals surface area contributed by atoms with Gasteiger partial charge in [-0.05, 0) is 12.8 Å². The van der Waals surface area contributed by atoms with Crippen LogP contribution in [0.5, 0.6) is 0 Å². The summed E-state index contributed by atoms with van der Waals surface area (Å²) in [7, 11) is 1.88. The van der Waals surface area contributed by atoms with E-state index < -0.39 is 12.0 Å². The van der Waals surface area contributed by atoms with E-state index in [4.69, 9.17) is 5.11 Å². The maximum Gasteiger partial charge on any atom is 0.349 e. The Morgan fingerprint density at radius 2 is 2.36 bits per heavy atom. The zero-order valence-electron chi connectivity index (χ0n) is 8.68. The van der Waals surface area contributed by atoms with Gasteiger partial charge in [0.2, 0.25) is 6.33 Å². The van der Waals surface area contributed by atoms with Crippen LogP contribution in [-0.2, 0) is 11.8 Å². The van der Waals surface area contributed by atoms with Gasteiger partial charge in [-0.1, -0.05) is 13.3 Å². The van der Waals surface area contributed by atoms with E-state index in [1.807, 2.05) is 17.8 Å². The largest absolute Gasteiger partial charge is 0.478 e. The van der Waals surface area contributed by atoms with Crippen LogP contribution in [-0.4, -0.2) is 15.6 Å². The molecular weight excluding hydrogens is 180 g/mol. The second kappa shape index (κ2) is 4.79. The van der Waals surface area contributed by atoms with E-state index in [2.05, 4.69) is 6.92 Å². The number of nitrogens with zero attached hydrogens (tertiary/aromatic N) is 2. The van der Waals surface area contributed by atoms with Crippen LogP contribution in [0.1, 0.15) is 32.2 Å². The number of aliphatic carboxylic acids is 1. The Morgan fingerprint density at radius 3 is 2.79 bits per heavy atom. The van der Waals surface area contributed by atoms with Crippen molar-refractivity contribution in [2.24, 2.45) is 7.05 Å². The lowest BCUT2D eigenvalue weighted by Crippen LogP contribution is -2.26. The van der Waals surface area contributed by atoms with Gasteiger partial charge in [0.05, 0.1) is 7.05 Å². The van der Waals surface area contributed by atoms with Gasteiger partial charge in [-0.15, -0.1) is 0 Å². The molecule has 0 saturated heterocycles. The number of carboxylic acid groups (broad SMARTS) is 1. The predicted molar refractivity (Wildman–Crippen MR) is 51.8 cm³/mol. The fraction of sp³-hybridized carbons (Fsp3) is 0.600. The molecule has 4 heteroatoms. The Hall–Kier alpha value is -1.32. The summed E-state index contributed by atoms with van der Waals surface area (Å²) >= 11 is 0. The van der Waals surface area contributed by atoms with Crippen LogP contribution in [0.2, 0.25) is 0 Å². The van der Waals surface area contributed by atoms with Crippen molar-refractivity contribution in [3.05, 3.63) is 18.7 Å². The van der Waals surface area contributed by atoms with Crippen LogP contribution in [0.15, 0.2) is 18.7 Å². The van der Waals surface area contributed by atoms with Gasteiger partial charge in [0.25, 0.3) is 0 Å². The average molecular weight is 197 g/mol. The minimum Gasteiger partial charge on any atom is -0.478 e. The quantitative estimate of drug-likeness (QED) is 0.719. The monoisotopic (exact) mass is 197 g/mol. The first-order chi connectivity index (χ1) is 6.65. The topological polar surface area (TPSA) is 46.1 Å². The SMILES string of the molecule is CCCCC(C(=O)O)n1cc[n+](C)c1. The van der Waals surface area contributed by atoms with Gasteiger partial charge < -0.3 is 5.11 Å². The van der Waals surface area contributed by atoms with Crippen LogP contribution >= 0.6 is 0 Å². The number of hydrogen-bond donors (Lipinski definition) is 1. The Kier molecular flexibility index (Phi) is 3.68. The highest BCUT2D eigenvalue weighted by Gasteiger charge is 2.23. The Balaban J connectivity index is 2.72. The van der Waals surface area contributed by atoms with E-state index in [1.54, 1.807) is 17.1 Å². The third kappa shape index (κ3) is 2.58. The van der Waals surface area contributed by atoms with Crippen molar-refractivity contribution in [3.63, 3.8) is 0 Å². The zero-order chi connectivity index (χ0) is 10.6. The van der Waals surface area contributed by atoms with E-state index in [9.17, 15) is 4.79 Å². The predicted octanol–water partition coefficient (Wildman–Crippen LogP) is 1.13. The smallest absolute Gasteiger partial charge is 0.349 e. The molecule has 1 N–H and O–H groups in total. The summed E-state index contributed by atoms with van der Waals surface area (Å²) in [6, 6.07) is -0.420. The number of rotatable bonds is 5. The highest BCUT2D eigenvalue weighted by Crippen LogP contribution is 2.14. The van der Waals surface area contributed by atoms with Crippen molar-refractivity contribution in [2.45, 2.75) is 32.2 Å². The van der Waals surface area contributed by atoms with Crippen molar-refractivity contribution in [3.8, 4) is 0 Å². The highest BCUT2D eigenvalue weighted by molar-refractivity contribution is 5.71. The van der Waals surface area contributed by atoms with Gasteiger partial charge in [-0.2, -0.15) is 0 Å². The summed E-state index contributed by atoms with van der Waals surface area (Å²) in [5, 5.41) is 9.03. The van der Waals surface area contributed by atoms with Gasteiger partial charge in [0, 0.05) is 0 Å². The van der Waals surface area contributed by atoms with Gasteiger partial charge >= 0.3 is 5.97 Å². The van der Waals surface area contributed by atoms with Crippen LogP contribution < -0.4 is 4.57 Å². The average Bonchev–Trinajstić information content (AvgIpc) is 2.52. The molecule has 1 heterocycles. The molecule has 1 aromatic rings. The molecular formula is C10H17N2O2+. The number of hydrogen-bond acceptors (Lipinski definition) is 1. The minimum atomic E-state index is -0.755. The maximum absolute atomic E-state index is 11.0. The Bertz CT molecular complexity index is 307. The molecule has 78 valence electrons. The van der Waals surface area contributed by atoms with Crippen LogP contribution in [0.3, 0.4) is 0 Å². The summed E-state index contributed by atoms with van der Waals surface area (Å²) in [6.07, 6.45) is 8.11. The van der Waals surface area contributed by atoms with Crippen molar-refractivity contribution in [1.82, 2.24) is 4.57 Å². The minimum absolute atomic E-state index is 0.420. The third-order valence-corrected chi connectivity index (χ3v) is 2.27. The fourth-order valence-electron chi connectivity index (χ4n) is 1.45. The number of aryl methyl sites for hydroxylation is 1. The zero-order valence-corrected chi connectivity index (χ0v) is 8.68. The van der Waals surface area contributed by atoms with E-state index in [0.717, 1.165) is 12.8 Å². The molecule has 1 rings (SSSR count). The first-order valence-electron chi connectivity index (χ1n) is 4.90. The lowest BCUT2D eigenvalue weighted by Gasteiger charge is -2.07. The first-order valence-corrected chi connectivity index (χ1v) is 4.90. The molecule has 0 bridgehead atoms. The molecule has 0 spiro atoms. The van der Waals surface area contributed by atoms with E-state index in [-0.39, 0.29) is 0 Å². The molecule has 4 nitrogen and oxygen atoms in total. The van der Waals surface area contributed by atoms with Crippen molar-refractivity contribution < 1.29 is 14.5 Å². The number of aromatic nitrogens is 2. The fourth-order valence-corrected chi connectivity index (χ4v) is 1.45. The maximum atomic E-state index is 11.0. The summed E-state index contributed by atoms with van der Waals surface area (Å²) in [5.74, 6) is -0.755. The number of unbranched alkanes of at least 4 members (excludes halogenated alkanes) is 1. The van der Waals surface area contributed by atoms with E-state index >= 15 is 0 Å². The van der Waals surface area contributed by atoms with Gasteiger partial charge in [-0.3, -0.25) is 0 Å². The molecule has 1 unspecified atom stereocenters. The second-order valence-electron chi connectivity index (χ2n) is 3.52. The van der Waals surface area contributed by atoms with Crippen molar-refractivity contribution in [1.29, 1.82) is 0 Å². The molecule has 0 aliphatic heterocycles. The van der Waals surface area contributed by atoms with Crippen molar-refractivity contribution in [2.75, 3.05) is 0 Å². The molecule has 0 aromatic carbocycles. The summed E-state index contributed by atoms with van der Waals surface area (Å²) in [5.41, 5.74) is 0. The lowest BCUT2D eigenvalue weighted by atomic mass is 10.1. The molecule has 0 radical (unpaired) electrons. The summed E-state index contributed by atoms with van der Waals surface area (Å²) in [4.78, 5) is 11.0. The molecule has 1 atom stereocenters. The van der Waals surface area contributed by atoms with Gasteiger partial charge in [0.1, 0.15) is 12.4 Å². The molecule has 0 amide bonds. The molecule has 0 aliphatic rings. The number of carbonyl (C=O) groups is 1. The Morgan fingerprint density at radius 1 is 1.64 bits per heavy atom. The second-order valence-corrected chi connectivity index (χ2v) is 3.52. The molecule has 0 fully saturated rings. The van der Waals surface area contributed by atoms with Gasteiger partial charge in [-0.25, -0.2) is 13.9 Å². The molecule has 0 aliphatic carbocycles. The number of carboxylic acids is 1. The number of imidazole rings is 1. The summed E-state index contributed by atoms with van der Waals surface area (Å²) < 4.78 is 3.60. The van der Waals surface area contributed by atoms with Gasteiger partial charge in [0.15, 0.2) is 6.04 Å². The molecule has 0 saturated carbocycles. The molecule has 1 aromatic heterocycles. The van der Waals surface area contributed by atoms with Crippen LogP contribution in [0, 0.1) is 0 Å². The van der Waals surface area contributed by atoms with Crippen LogP contribution in [0.4, 0.5) is 0 Å². The lowest BCUT2D eigenvalue weighted by molar-refractivity contribution is -0.671.